The molecule has 0 N–H and O–H groups in total. The smallest absolute Gasteiger partial charge is 0.335 e. The van der Waals surface area contributed by atoms with Gasteiger partial charge in [-0.1, -0.05) is 56.5 Å². The summed E-state index contributed by atoms with van der Waals surface area (Å²) in [6, 6.07) is 9.85. The van der Waals surface area contributed by atoms with E-state index in [2.05, 4.69) is 6.92 Å². The molecule has 4 nitrogen and oxygen atoms in total. The maximum atomic E-state index is 11.6. The molecule has 0 amide bonds. The molecule has 0 aromatic heterocycles. The third-order valence-corrected chi connectivity index (χ3v) is 3.00. The van der Waals surface area contributed by atoms with E-state index >= 15 is 0 Å². The molecule has 0 aliphatic rings. The maximum absolute atomic E-state index is 11.6. The van der Waals surface area contributed by atoms with Crippen LogP contribution in [-0.2, 0) is 25.6 Å². The van der Waals surface area contributed by atoms with Crippen LogP contribution in [-0.4, -0.2) is 26.0 Å². The Labute approximate surface area is 121 Å². The van der Waals surface area contributed by atoms with Gasteiger partial charge in [-0.25, -0.2) is 4.79 Å². The maximum Gasteiger partial charge on any atom is 0.335 e. The van der Waals surface area contributed by atoms with Gasteiger partial charge in [0.1, 0.15) is 6.79 Å². The number of carbonyl (C=O) groups is 1. The summed E-state index contributed by atoms with van der Waals surface area (Å²) in [4.78, 5) is 11.6. The van der Waals surface area contributed by atoms with Gasteiger partial charge in [0.25, 0.3) is 0 Å². The van der Waals surface area contributed by atoms with Crippen molar-refractivity contribution in [1.82, 2.24) is 0 Å². The lowest BCUT2D eigenvalue weighted by Crippen LogP contribution is -2.26. The molecule has 1 aromatic rings. The van der Waals surface area contributed by atoms with Crippen LogP contribution in [0.15, 0.2) is 30.3 Å². The number of benzene rings is 1. The standard InChI is InChI=1S/C16H24O4/c1-3-4-6-11-15(16(17)18-2)20-13-19-12-14-9-7-5-8-10-14/h5,7-10,15H,3-4,6,11-13H2,1-2H3. The summed E-state index contributed by atoms with van der Waals surface area (Å²) in [5.74, 6) is -0.329. The number of rotatable bonds is 10. The molecule has 0 fully saturated rings. The van der Waals surface area contributed by atoms with Gasteiger partial charge in [0.05, 0.1) is 13.7 Å². The summed E-state index contributed by atoms with van der Waals surface area (Å²) in [5, 5.41) is 0. The fourth-order valence-corrected chi connectivity index (χ4v) is 1.84. The molecule has 0 spiro atoms. The molecule has 1 unspecified atom stereocenters. The van der Waals surface area contributed by atoms with E-state index in [0.717, 1.165) is 24.8 Å². The topological polar surface area (TPSA) is 44.8 Å². The van der Waals surface area contributed by atoms with E-state index in [1.165, 1.54) is 7.11 Å². The minimum Gasteiger partial charge on any atom is -0.467 e. The molecule has 0 saturated heterocycles. The predicted octanol–water partition coefficient (Wildman–Crippen LogP) is 3.30. The molecule has 0 radical (unpaired) electrons. The lowest BCUT2D eigenvalue weighted by atomic mass is 10.1. The average molecular weight is 280 g/mol. The van der Waals surface area contributed by atoms with Gasteiger partial charge >= 0.3 is 5.97 Å². The van der Waals surface area contributed by atoms with Crippen molar-refractivity contribution < 1.29 is 19.0 Å². The molecule has 4 heteroatoms. The Morgan fingerprint density at radius 1 is 1.20 bits per heavy atom. The molecule has 1 aromatic carbocycles. The fraction of sp³-hybridized carbons (Fsp3) is 0.562. The van der Waals surface area contributed by atoms with Crippen molar-refractivity contribution in [3.05, 3.63) is 35.9 Å². The monoisotopic (exact) mass is 280 g/mol. The van der Waals surface area contributed by atoms with Crippen LogP contribution < -0.4 is 0 Å². The predicted molar refractivity (Wildman–Crippen MR) is 77.1 cm³/mol. The molecule has 0 aliphatic carbocycles. The minimum atomic E-state index is -0.526. The lowest BCUT2D eigenvalue weighted by molar-refractivity contribution is -0.166. The highest BCUT2D eigenvalue weighted by atomic mass is 16.7. The molecule has 0 bridgehead atoms. The quantitative estimate of drug-likeness (QED) is 0.375. The summed E-state index contributed by atoms with van der Waals surface area (Å²) in [7, 11) is 1.38. The van der Waals surface area contributed by atoms with Crippen molar-refractivity contribution in [3.63, 3.8) is 0 Å². The van der Waals surface area contributed by atoms with E-state index in [4.69, 9.17) is 14.2 Å². The first-order valence-corrected chi connectivity index (χ1v) is 7.09. The van der Waals surface area contributed by atoms with E-state index in [1.807, 2.05) is 30.3 Å². The van der Waals surface area contributed by atoms with E-state index in [0.29, 0.717) is 13.0 Å². The Kier molecular flexibility index (Phi) is 8.67. The fourth-order valence-electron chi connectivity index (χ4n) is 1.84. The molecular formula is C16H24O4. The van der Waals surface area contributed by atoms with Crippen LogP contribution in [0.3, 0.4) is 0 Å². The minimum absolute atomic E-state index is 0.0980. The molecule has 0 saturated carbocycles. The molecule has 112 valence electrons. The van der Waals surface area contributed by atoms with Crippen LogP contribution >= 0.6 is 0 Å². The third-order valence-electron chi connectivity index (χ3n) is 3.00. The van der Waals surface area contributed by atoms with Crippen molar-refractivity contribution in [1.29, 1.82) is 0 Å². The average Bonchev–Trinajstić information content (AvgIpc) is 2.50. The van der Waals surface area contributed by atoms with Gasteiger partial charge in [-0.15, -0.1) is 0 Å². The number of methoxy groups -OCH3 is 1. The van der Waals surface area contributed by atoms with Crippen molar-refractivity contribution in [3.8, 4) is 0 Å². The second kappa shape index (κ2) is 10.4. The molecule has 20 heavy (non-hydrogen) atoms. The highest BCUT2D eigenvalue weighted by Crippen LogP contribution is 2.09. The largest absolute Gasteiger partial charge is 0.467 e. The zero-order valence-electron chi connectivity index (χ0n) is 12.3. The van der Waals surface area contributed by atoms with E-state index in [1.54, 1.807) is 0 Å². The van der Waals surface area contributed by atoms with Gasteiger partial charge in [-0.2, -0.15) is 0 Å². The van der Waals surface area contributed by atoms with Gasteiger partial charge in [0.15, 0.2) is 6.10 Å². The second-order valence-electron chi connectivity index (χ2n) is 4.63. The van der Waals surface area contributed by atoms with Crippen molar-refractivity contribution in [2.45, 2.75) is 45.3 Å². The molecule has 0 aliphatic heterocycles. The van der Waals surface area contributed by atoms with Crippen LogP contribution in [0.1, 0.15) is 38.2 Å². The van der Waals surface area contributed by atoms with Crippen molar-refractivity contribution >= 4 is 5.97 Å². The number of carbonyl (C=O) groups excluding carboxylic acids is 1. The summed E-state index contributed by atoms with van der Waals surface area (Å²) in [5.41, 5.74) is 1.08. The molecule has 0 heterocycles. The van der Waals surface area contributed by atoms with Gasteiger partial charge < -0.3 is 14.2 Å². The first-order chi connectivity index (χ1) is 9.77. The van der Waals surface area contributed by atoms with Gasteiger partial charge in [-0.3, -0.25) is 0 Å². The van der Waals surface area contributed by atoms with Crippen LogP contribution in [0.4, 0.5) is 0 Å². The summed E-state index contributed by atoms with van der Waals surface area (Å²) < 4.78 is 15.6. The molecule has 1 atom stereocenters. The van der Waals surface area contributed by atoms with E-state index < -0.39 is 6.10 Å². The lowest BCUT2D eigenvalue weighted by Gasteiger charge is -2.15. The van der Waals surface area contributed by atoms with Crippen molar-refractivity contribution in [2.24, 2.45) is 0 Å². The first kappa shape index (κ1) is 16.7. The Hall–Kier alpha value is -1.39. The van der Waals surface area contributed by atoms with Crippen LogP contribution in [0.2, 0.25) is 0 Å². The highest BCUT2D eigenvalue weighted by Gasteiger charge is 2.19. The summed E-state index contributed by atoms with van der Waals surface area (Å²) in [6.45, 7) is 2.70. The van der Waals surface area contributed by atoms with Gasteiger partial charge in [-0.05, 0) is 12.0 Å². The SMILES string of the molecule is CCCCCC(OCOCc1ccccc1)C(=O)OC. The number of hydrogen-bond acceptors (Lipinski definition) is 4. The number of esters is 1. The number of hydrogen-bond donors (Lipinski definition) is 0. The Bertz CT molecular complexity index is 364. The normalized spacial score (nSPS) is 12.1. The third kappa shape index (κ3) is 6.68. The van der Waals surface area contributed by atoms with Gasteiger partial charge in [0.2, 0.25) is 0 Å². The van der Waals surface area contributed by atoms with Crippen molar-refractivity contribution in [2.75, 3.05) is 13.9 Å². The van der Waals surface area contributed by atoms with Crippen LogP contribution in [0, 0.1) is 0 Å². The first-order valence-electron chi connectivity index (χ1n) is 7.09. The summed E-state index contributed by atoms with van der Waals surface area (Å²) >= 11 is 0. The zero-order chi connectivity index (χ0) is 14.6. The molecule has 1 rings (SSSR count). The summed E-state index contributed by atoms with van der Waals surface area (Å²) in [6.07, 6.45) is 3.30. The van der Waals surface area contributed by atoms with E-state index in [9.17, 15) is 4.79 Å². The van der Waals surface area contributed by atoms with E-state index in [-0.39, 0.29) is 12.8 Å². The van der Waals surface area contributed by atoms with Crippen LogP contribution in [0.25, 0.3) is 0 Å². The second-order valence-corrected chi connectivity index (χ2v) is 4.63. The Morgan fingerprint density at radius 2 is 1.95 bits per heavy atom. The zero-order valence-corrected chi connectivity index (χ0v) is 12.3. The van der Waals surface area contributed by atoms with Crippen LogP contribution in [0.5, 0.6) is 0 Å². The Balaban J connectivity index is 2.25. The Morgan fingerprint density at radius 3 is 2.60 bits per heavy atom. The molecular weight excluding hydrogens is 256 g/mol. The number of unbranched alkanes of at least 4 members (excludes halogenated alkanes) is 2. The van der Waals surface area contributed by atoms with Gasteiger partial charge in [0, 0.05) is 0 Å². The highest BCUT2D eigenvalue weighted by molar-refractivity contribution is 5.74. The number of ether oxygens (including phenoxy) is 3.